The Morgan fingerprint density at radius 2 is 2.50 bits per heavy atom. The molecular weight excluding hydrogens is 268 g/mol. The van der Waals surface area contributed by atoms with Crippen molar-refractivity contribution in [1.29, 1.82) is 0 Å². The number of ether oxygens (including phenoxy) is 1. The summed E-state index contributed by atoms with van der Waals surface area (Å²) in [5.74, 6) is -1.16. The highest BCUT2D eigenvalue weighted by atomic mass is 79.9. The number of thiophene rings is 1. The van der Waals surface area contributed by atoms with Gasteiger partial charge in [0.2, 0.25) is 0 Å². The lowest BCUT2D eigenvalue weighted by molar-refractivity contribution is -0.143. The third-order valence-electron chi connectivity index (χ3n) is 2.28. The van der Waals surface area contributed by atoms with Crippen LogP contribution in [0.15, 0.2) is 15.9 Å². The largest absolute Gasteiger partial charge is 0.481 e. The van der Waals surface area contributed by atoms with Gasteiger partial charge in [0.15, 0.2) is 0 Å². The molecule has 1 saturated heterocycles. The number of carboxylic acids is 1. The van der Waals surface area contributed by atoms with E-state index in [4.69, 9.17) is 9.84 Å². The van der Waals surface area contributed by atoms with E-state index in [0.717, 1.165) is 9.35 Å². The molecule has 0 amide bonds. The molecule has 1 fully saturated rings. The molecule has 0 aliphatic carbocycles. The molecule has 5 heteroatoms. The number of aliphatic carboxylic acids is 1. The second-order valence-corrected chi connectivity index (χ2v) is 5.05. The van der Waals surface area contributed by atoms with E-state index in [1.54, 1.807) is 0 Å². The minimum atomic E-state index is -0.767. The number of carbonyl (C=O) groups is 1. The van der Waals surface area contributed by atoms with Crippen LogP contribution < -0.4 is 0 Å². The summed E-state index contributed by atoms with van der Waals surface area (Å²) in [4.78, 5) is 11.9. The molecule has 2 unspecified atom stereocenters. The second kappa shape index (κ2) is 4.00. The number of halogens is 1. The Bertz CT molecular complexity index is 350. The molecule has 1 aliphatic rings. The van der Waals surface area contributed by atoms with Crippen LogP contribution in [0, 0.1) is 5.92 Å². The Labute approximate surface area is 93.8 Å². The maximum Gasteiger partial charge on any atom is 0.309 e. The molecule has 0 spiro atoms. The lowest BCUT2D eigenvalue weighted by Gasteiger charge is -2.12. The van der Waals surface area contributed by atoms with Crippen molar-refractivity contribution in [2.24, 2.45) is 5.92 Å². The first-order valence-electron chi connectivity index (χ1n) is 4.27. The van der Waals surface area contributed by atoms with Gasteiger partial charge in [-0.25, -0.2) is 0 Å². The number of carboxylic acid groups (broad SMARTS) is 1. The molecule has 0 bridgehead atoms. The summed E-state index contributed by atoms with van der Waals surface area (Å²) in [6.45, 7) is 0.539. The van der Waals surface area contributed by atoms with Crippen molar-refractivity contribution < 1.29 is 14.6 Å². The van der Waals surface area contributed by atoms with Gasteiger partial charge in [0, 0.05) is 21.3 Å². The van der Waals surface area contributed by atoms with E-state index in [-0.39, 0.29) is 12.0 Å². The van der Waals surface area contributed by atoms with E-state index in [1.807, 2.05) is 11.4 Å². The highest BCUT2D eigenvalue weighted by Crippen LogP contribution is 2.38. The maximum absolute atomic E-state index is 10.9. The van der Waals surface area contributed by atoms with Gasteiger partial charge in [-0.3, -0.25) is 4.79 Å². The van der Waals surface area contributed by atoms with Crippen molar-refractivity contribution in [1.82, 2.24) is 0 Å². The molecule has 0 aromatic carbocycles. The van der Waals surface area contributed by atoms with Gasteiger partial charge in [0.1, 0.15) is 6.10 Å². The highest BCUT2D eigenvalue weighted by Gasteiger charge is 2.35. The zero-order chi connectivity index (χ0) is 10.1. The van der Waals surface area contributed by atoms with Gasteiger partial charge in [-0.2, -0.15) is 0 Å². The number of hydrogen-bond acceptors (Lipinski definition) is 3. The van der Waals surface area contributed by atoms with Crippen LogP contribution in [0.4, 0.5) is 0 Å². The molecule has 2 heterocycles. The summed E-state index contributed by atoms with van der Waals surface area (Å²) in [7, 11) is 0. The normalized spacial score (nSPS) is 26.6. The Morgan fingerprint density at radius 1 is 1.71 bits per heavy atom. The first-order valence-corrected chi connectivity index (χ1v) is 5.94. The predicted molar refractivity (Wildman–Crippen MR) is 56.5 cm³/mol. The topological polar surface area (TPSA) is 46.5 Å². The van der Waals surface area contributed by atoms with Gasteiger partial charge in [-0.05, 0) is 28.4 Å². The van der Waals surface area contributed by atoms with Crippen molar-refractivity contribution >= 4 is 33.2 Å². The highest BCUT2D eigenvalue weighted by molar-refractivity contribution is 9.10. The molecule has 14 heavy (non-hydrogen) atoms. The number of rotatable bonds is 2. The van der Waals surface area contributed by atoms with Crippen LogP contribution >= 0.6 is 27.3 Å². The molecule has 3 nitrogen and oxygen atoms in total. The first kappa shape index (κ1) is 10.1. The van der Waals surface area contributed by atoms with Crippen molar-refractivity contribution in [2.45, 2.75) is 12.5 Å². The summed E-state index contributed by atoms with van der Waals surface area (Å²) < 4.78 is 6.42. The molecule has 2 rings (SSSR count). The molecule has 1 aromatic heterocycles. The fraction of sp³-hybridized carbons (Fsp3) is 0.444. The maximum atomic E-state index is 10.9. The SMILES string of the molecule is O=C(O)C1CCOC1c1cc(Br)cs1. The monoisotopic (exact) mass is 276 g/mol. The van der Waals surface area contributed by atoms with Gasteiger partial charge in [0.25, 0.3) is 0 Å². The van der Waals surface area contributed by atoms with E-state index in [9.17, 15) is 4.79 Å². The van der Waals surface area contributed by atoms with E-state index in [1.165, 1.54) is 11.3 Å². The van der Waals surface area contributed by atoms with Crippen LogP contribution in [-0.4, -0.2) is 17.7 Å². The van der Waals surface area contributed by atoms with Crippen LogP contribution in [0.2, 0.25) is 0 Å². The Hall–Kier alpha value is -0.390. The predicted octanol–water partition coefficient (Wildman–Crippen LogP) is 2.67. The minimum absolute atomic E-state index is 0.260. The lowest BCUT2D eigenvalue weighted by atomic mass is 10.0. The summed E-state index contributed by atoms with van der Waals surface area (Å²) in [5.41, 5.74) is 0. The summed E-state index contributed by atoms with van der Waals surface area (Å²) in [6.07, 6.45) is 0.346. The van der Waals surface area contributed by atoms with Gasteiger partial charge in [-0.15, -0.1) is 11.3 Å². The third kappa shape index (κ3) is 1.85. The summed E-state index contributed by atoms with van der Waals surface area (Å²) >= 11 is 4.88. The van der Waals surface area contributed by atoms with Crippen LogP contribution in [0.5, 0.6) is 0 Å². The number of hydrogen-bond donors (Lipinski definition) is 1. The Balaban J connectivity index is 2.21. The van der Waals surface area contributed by atoms with E-state index in [0.29, 0.717) is 13.0 Å². The van der Waals surface area contributed by atoms with Crippen molar-refractivity contribution in [3.8, 4) is 0 Å². The molecule has 1 aromatic rings. The zero-order valence-corrected chi connectivity index (χ0v) is 9.68. The molecule has 1 aliphatic heterocycles. The minimum Gasteiger partial charge on any atom is -0.481 e. The van der Waals surface area contributed by atoms with Crippen LogP contribution in [0.25, 0.3) is 0 Å². The molecule has 0 radical (unpaired) electrons. The van der Waals surface area contributed by atoms with Crippen molar-refractivity contribution in [2.75, 3.05) is 6.61 Å². The van der Waals surface area contributed by atoms with Crippen molar-refractivity contribution in [3.05, 3.63) is 20.8 Å². The van der Waals surface area contributed by atoms with E-state index in [2.05, 4.69) is 15.9 Å². The quantitative estimate of drug-likeness (QED) is 0.904. The van der Waals surface area contributed by atoms with Crippen LogP contribution in [0.3, 0.4) is 0 Å². The zero-order valence-electron chi connectivity index (χ0n) is 7.27. The van der Waals surface area contributed by atoms with Gasteiger partial charge >= 0.3 is 5.97 Å². The molecule has 0 saturated carbocycles. The van der Waals surface area contributed by atoms with Gasteiger partial charge < -0.3 is 9.84 Å². The summed E-state index contributed by atoms with van der Waals surface area (Å²) in [5, 5.41) is 10.9. The fourth-order valence-electron chi connectivity index (χ4n) is 1.60. The van der Waals surface area contributed by atoms with Crippen LogP contribution in [0.1, 0.15) is 17.4 Å². The summed E-state index contributed by atoms with van der Waals surface area (Å²) in [6, 6.07) is 1.93. The van der Waals surface area contributed by atoms with Crippen molar-refractivity contribution in [3.63, 3.8) is 0 Å². The average Bonchev–Trinajstić information content (AvgIpc) is 2.70. The van der Waals surface area contributed by atoms with E-state index >= 15 is 0 Å². The molecular formula is C9H9BrO3S. The average molecular weight is 277 g/mol. The molecule has 1 N–H and O–H groups in total. The molecule has 76 valence electrons. The fourth-order valence-corrected chi connectivity index (χ4v) is 3.16. The lowest BCUT2D eigenvalue weighted by Crippen LogP contribution is -2.16. The second-order valence-electron chi connectivity index (χ2n) is 3.19. The Kier molecular flexibility index (Phi) is 2.90. The van der Waals surface area contributed by atoms with Crippen LogP contribution in [-0.2, 0) is 9.53 Å². The third-order valence-corrected chi connectivity index (χ3v) is 4.03. The standard InChI is InChI=1S/C9H9BrO3S/c10-5-3-7(14-4-5)8-6(9(11)12)1-2-13-8/h3-4,6,8H,1-2H2,(H,11,12). The smallest absolute Gasteiger partial charge is 0.309 e. The first-order chi connectivity index (χ1) is 6.68. The van der Waals surface area contributed by atoms with Gasteiger partial charge in [-0.1, -0.05) is 0 Å². The van der Waals surface area contributed by atoms with Gasteiger partial charge in [0.05, 0.1) is 5.92 Å². The van der Waals surface area contributed by atoms with E-state index < -0.39 is 5.97 Å². The Morgan fingerprint density at radius 3 is 3.07 bits per heavy atom. The molecule has 2 atom stereocenters.